The van der Waals surface area contributed by atoms with Gasteiger partial charge in [0.15, 0.2) is 6.10 Å². The predicted octanol–water partition coefficient (Wildman–Crippen LogP) is 21.2. The molecule has 0 aliphatic heterocycles. The summed E-state index contributed by atoms with van der Waals surface area (Å²) in [5.74, 6) is -0.891. The molecule has 6 heteroatoms. The molecule has 0 aromatic heterocycles. The molecule has 0 aromatic carbocycles. The SMILES string of the molecule is CCCC/C=C\C/C=C\CCCCCCCC(=O)OCC(COC(=O)CCCCCCCCCCCCCCC/C=C\C/C=C\CCCCCCC)OC(=O)CCCCCCC/C=C\CCCCCCCC. The van der Waals surface area contributed by atoms with Gasteiger partial charge in [0.2, 0.25) is 0 Å². The first-order chi connectivity index (χ1) is 35.5. The standard InChI is InChI=1S/C66H118O6/c1-4-7-10-13-16-19-22-25-28-29-30-31-32-33-34-35-36-37-39-41-44-47-50-53-56-59-65(68)71-62-63(61-70-64(67)58-55-52-49-46-43-40-27-24-21-18-15-12-9-6-3)72-66(69)60-57-54-51-48-45-42-38-26-23-20-17-14-11-8-5-2/h15,18,22,24-27,29-30,38,63H,4-14,16-17,19-21,23,28,31-37,39-62H2,1-3H3/b18-15-,25-22-,27-24-,30-29-,38-26-. The van der Waals surface area contributed by atoms with Gasteiger partial charge in [0.25, 0.3) is 0 Å². The van der Waals surface area contributed by atoms with Crippen LogP contribution >= 0.6 is 0 Å². The van der Waals surface area contributed by atoms with E-state index in [4.69, 9.17) is 14.2 Å². The van der Waals surface area contributed by atoms with Crippen molar-refractivity contribution in [1.82, 2.24) is 0 Å². The number of ether oxygens (including phenoxy) is 3. The molecule has 0 N–H and O–H groups in total. The Labute approximate surface area is 447 Å². The molecule has 0 bridgehead atoms. The molecule has 1 atom stereocenters. The minimum Gasteiger partial charge on any atom is -0.462 e. The van der Waals surface area contributed by atoms with Crippen molar-refractivity contribution in [2.75, 3.05) is 13.2 Å². The fraction of sp³-hybridized carbons (Fsp3) is 0.803. The second-order valence-corrected chi connectivity index (χ2v) is 21.0. The molecule has 0 radical (unpaired) electrons. The molecule has 0 saturated carbocycles. The van der Waals surface area contributed by atoms with Crippen LogP contribution < -0.4 is 0 Å². The number of esters is 3. The van der Waals surface area contributed by atoms with Crippen LogP contribution in [0.4, 0.5) is 0 Å². The Morgan fingerprint density at radius 3 is 0.819 bits per heavy atom. The highest BCUT2D eigenvalue weighted by atomic mass is 16.6. The van der Waals surface area contributed by atoms with Gasteiger partial charge in [0.1, 0.15) is 13.2 Å². The van der Waals surface area contributed by atoms with Gasteiger partial charge in [-0.1, -0.05) is 261 Å². The molecule has 0 saturated heterocycles. The first kappa shape index (κ1) is 69.1. The lowest BCUT2D eigenvalue weighted by molar-refractivity contribution is -0.167. The van der Waals surface area contributed by atoms with Crippen molar-refractivity contribution in [3.8, 4) is 0 Å². The molecule has 0 rings (SSSR count). The van der Waals surface area contributed by atoms with Crippen molar-refractivity contribution in [2.24, 2.45) is 0 Å². The smallest absolute Gasteiger partial charge is 0.306 e. The second kappa shape index (κ2) is 60.7. The van der Waals surface area contributed by atoms with E-state index in [0.717, 1.165) is 96.3 Å². The summed E-state index contributed by atoms with van der Waals surface area (Å²) >= 11 is 0. The Hall–Kier alpha value is -2.89. The molecule has 418 valence electrons. The Morgan fingerprint density at radius 2 is 0.514 bits per heavy atom. The summed E-state index contributed by atoms with van der Waals surface area (Å²) in [6.07, 6.45) is 76.5. The van der Waals surface area contributed by atoms with Crippen molar-refractivity contribution < 1.29 is 28.6 Å². The number of hydrogen-bond donors (Lipinski definition) is 0. The summed E-state index contributed by atoms with van der Waals surface area (Å²) in [4.78, 5) is 38.2. The van der Waals surface area contributed by atoms with Gasteiger partial charge < -0.3 is 14.2 Å². The molecule has 0 aliphatic rings. The lowest BCUT2D eigenvalue weighted by atomic mass is 10.0. The van der Waals surface area contributed by atoms with E-state index in [9.17, 15) is 14.4 Å². The third-order valence-corrected chi connectivity index (χ3v) is 13.7. The topological polar surface area (TPSA) is 78.9 Å². The highest BCUT2D eigenvalue weighted by molar-refractivity contribution is 5.71. The number of allylic oxidation sites excluding steroid dienone is 10. The first-order valence-corrected chi connectivity index (χ1v) is 31.3. The van der Waals surface area contributed by atoms with Gasteiger partial charge in [-0.2, -0.15) is 0 Å². The van der Waals surface area contributed by atoms with Crippen molar-refractivity contribution in [2.45, 2.75) is 329 Å². The van der Waals surface area contributed by atoms with Gasteiger partial charge in [-0.25, -0.2) is 0 Å². The number of carbonyl (C=O) groups is 3. The highest BCUT2D eigenvalue weighted by Gasteiger charge is 2.19. The summed E-state index contributed by atoms with van der Waals surface area (Å²) in [6, 6.07) is 0. The maximum absolute atomic E-state index is 12.9. The average Bonchev–Trinajstić information content (AvgIpc) is 3.38. The van der Waals surface area contributed by atoms with Crippen molar-refractivity contribution in [1.29, 1.82) is 0 Å². The lowest BCUT2D eigenvalue weighted by Gasteiger charge is -2.18. The largest absolute Gasteiger partial charge is 0.462 e. The van der Waals surface area contributed by atoms with Crippen molar-refractivity contribution in [3.63, 3.8) is 0 Å². The summed E-state index contributed by atoms with van der Waals surface area (Å²) in [7, 11) is 0. The summed E-state index contributed by atoms with van der Waals surface area (Å²) in [5, 5.41) is 0. The number of carbonyl (C=O) groups excluding carboxylic acids is 3. The third-order valence-electron chi connectivity index (χ3n) is 13.7. The maximum Gasteiger partial charge on any atom is 0.306 e. The molecular weight excluding hydrogens is 889 g/mol. The molecule has 1 unspecified atom stereocenters. The molecule has 72 heavy (non-hydrogen) atoms. The first-order valence-electron chi connectivity index (χ1n) is 31.3. The van der Waals surface area contributed by atoms with Gasteiger partial charge in [-0.15, -0.1) is 0 Å². The van der Waals surface area contributed by atoms with Crippen molar-refractivity contribution in [3.05, 3.63) is 60.8 Å². The zero-order valence-corrected chi connectivity index (χ0v) is 47.9. The second-order valence-electron chi connectivity index (χ2n) is 21.0. The zero-order chi connectivity index (χ0) is 52.2. The summed E-state index contributed by atoms with van der Waals surface area (Å²) in [5.41, 5.74) is 0. The van der Waals surface area contributed by atoms with Gasteiger partial charge >= 0.3 is 17.9 Å². The van der Waals surface area contributed by atoms with Crippen LogP contribution in [0.25, 0.3) is 0 Å². The van der Waals surface area contributed by atoms with E-state index in [1.54, 1.807) is 0 Å². The Balaban J connectivity index is 4.28. The molecular formula is C66H118O6. The van der Waals surface area contributed by atoms with E-state index in [2.05, 4.69) is 81.5 Å². The monoisotopic (exact) mass is 1010 g/mol. The summed E-state index contributed by atoms with van der Waals surface area (Å²) in [6.45, 7) is 6.60. The molecule has 0 heterocycles. The van der Waals surface area contributed by atoms with Gasteiger partial charge in [-0.3, -0.25) is 14.4 Å². The zero-order valence-electron chi connectivity index (χ0n) is 47.9. The van der Waals surface area contributed by atoms with Gasteiger partial charge in [0.05, 0.1) is 0 Å². The minimum atomic E-state index is -0.784. The normalized spacial score (nSPS) is 12.4. The van der Waals surface area contributed by atoms with Crippen LogP contribution in [0.1, 0.15) is 323 Å². The predicted molar refractivity (Wildman–Crippen MR) is 312 cm³/mol. The van der Waals surface area contributed by atoms with Crippen LogP contribution in [0.3, 0.4) is 0 Å². The fourth-order valence-corrected chi connectivity index (χ4v) is 8.96. The van der Waals surface area contributed by atoms with Crippen LogP contribution in [0.2, 0.25) is 0 Å². The van der Waals surface area contributed by atoms with E-state index in [-0.39, 0.29) is 31.1 Å². The lowest BCUT2D eigenvalue weighted by Crippen LogP contribution is -2.30. The van der Waals surface area contributed by atoms with Crippen LogP contribution in [-0.4, -0.2) is 37.2 Å². The van der Waals surface area contributed by atoms with Crippen LogP contribution in [0.5, 0.6) is 0 Å². The van der Waals surface area contributed by atoms with Crippen LogP contribution in [-0.2, 0) is 28.6 Å². The summed E-state index contributed by atoms with van der Waals surface area (Å²) < 4.78 is 16.9. The molecule has 0 fully saturated rings. The fourth-order valence-electron chi connectivity index (χ4n) is 8.96. The maximum atomic E-state index is 12.9. The van der Waals surface area contributed by atoms with E-state index in [1.807, 2.05) is 0 Å². The molecule has 0 aliphatic carbocycles. The number of rotatable bonds is 57. The third kappa shape index (κ3) is 58.0. The van der Waals surface area contributed by atoms with Gasteiger partial charge in [-0.05, 0) is 103 Å². The molecule has 6 nitrogen and oxygen atoms in total. The Bertz CT molecular complexity index is 1290. The molecule has 0 spiro atoms. The van der Waals surface area contributed by atoms with Crippen LogP contribution in [0, 0.1) is 0 Å². The van der Waals surface area contributed by atoms with E-state index >= 15 is 0 Å². The van der Waals surface area contributed by atoms with E-state index in [1.165, 1.54) is 186 Å². The van der Waals surface area contributed by atoms with Gasteiger partial charge in [0, 0.05) is 19.3 Å². The number of unbranched alkanes of at least 4 members (excludes halogenated alkanes) is 36. The average molecular weight is 1010 g/mol. The Morgan fingerprint density at radius 1 is 0.278 bits per heavy atom. The van der Waals surface area contributed by atoms with Crippen LogP contribution in [0.15, 0.2) is 60.8 Å². The quantitative estimate of drug-likeness (QED) is 0.0261. The highest BCUT2D eigenvalue weighted by Crippen LogP contribution is 2.16. The van der Waals surface area contributed by atoms with E-state index in [0.29, 0.717) is 19.3 Å². The minimum absolute atomic E-state index is 0.0807. The molecule has 0 aromatic rings. The van der Waals surface area contributed by atoms with E-state index < -0.39 is 6.10 Å². The van der Waals surface area contributed by atoms with Crippen molar-refractivity contribution >= 4 is 17.9 Å². The number of hydrogen-bond acceptors (Lipinski definition) is 6. The molecule has 0 amide bonds. The Kier molecular flexibility index (Phi) is 58.2.